The van der Waals surface area contributed by atoms with Gasteiger partial charge < -0.3 is 89.5 Å². The van der Waals surface area contributed by atoms with Crippen LogP contribution in [0.2, 0.25) is 0 Å². The lowest BCUT2D eigenvalue weighted by Crippen LogP contribution is -2.46. The van der Waals surface area contributed by atoms with Crippen LogP contribution in [-0.2, 0) is 110 Å². The Morgan fingerprint density at radius 3 is 0.841 bits per heavy atom. The third-order valence-electron chi connectivity index (χ3n) is 10.9. The van der Waals surface area contributed by atoms with E-state index in [1.807, 2.05) is 0 Å². The predicted octanol–water partition coefficient (Wildman–Crippen LogP) is -2.88. The molecule has 42 nitrogen and oxygen atoms in total. The SMILES string of the molecule is O=C(O)CC(OCCN(CCOC(CCOO)COO)C(CC(=O)O)C(=O)O)C(=O)O.O=C(O)CC(OCCN(CCOC(CCOO)COO)CCOC(CC(=O)O)C(=O)O)C(=O)O.O=C(O)CC(OCCNCCOC(CCOO)COO)C(=O)O. The van der Waals surface area contributed by atoms with Crippen LogP contribution in [0, 0.1) is 0 Å². The van der Waals surface area contributed by atoms with Crippen molar-refractivity contribution < 1.29 is 193 Å². The molecule has 514 valence electrons. The monoisotopic (exact) mass is 1300 g/mol. The first kappa shape index (κ1) is 86.0. The first-order chi connectivity index (χ1) is 41.7. The molecular weight excluding hydrogens is 1220 g/mol. The summed E-state index contributed by atoms with van der Waals surface area (Å²) in [6.07, 6.45) is -11.0. The summed E-state index contributed by atoms with van der Waals surface area (Å²) in [7, 11) is 0. The lowest BCUT2D eigenvalue weighted by Gasteiger charge is -2.29. The highest BCUT2D eigenvalue weighted by Crippen LogP contribution is 2.10. The van der Waals surface area contributed by atoms with Crippen molar-refractivity contribution in [3.05, 3.63) is 0 Å². The number of nitrogens with zero attached hydrogens (tertiary/aromatic N) is 2. The zero-order chi connectivity index (χ0) is 67.2. The molecule has 0 bridgehead atoms. The molecule has 8 atom stereocenters. The second-order valence-corrected chi connectivity index (χ2v) is 17.5. The number of carboxylic acids is 10. The van der Waals surface area contributed by atoms with Gasteiger partial charge in [0.2, 0.25) is 0 Å². The molecule has 0 spiro atoms. The van der Waals surface area contributed by atoms with Crippen LogP contribution in [0.5, 0.6) is 0 Å². The van der Waals surface area contributed by atoms with Gasteiger partial charge in [-0.15, -0.1) is 0 Å². The second kappa shape index (κ2) is 56.1. The summed E-state index contributed by atoms with van der Waals surface area (Å²) in [5, 5.41) is 142. The maximum Gasteiger partial charge on any atom is 0.333 e. The fraction of sp³-hybridized carbons (Fsp3) is 0.783. The van der Waals surface area contributed by atoms with Gasteiger partial charge in [0.1, 0.15) is 25.9 Å². The summed E-state index contributed by atoms with van der Waals surface area (Å²) >= 11 is 0. The molecule has 8 unspecified atom stereocenters. The molecule has 0 aliphatic rings. The molecule has 0 rings (SSSR count). The van der Waals surface area contributed by atoms with Crippen molar-refractivity contribution in [1.29, 1.82) is 0 Å². The number of rotatable bonds is 59. The van der Waals surface area contributed by atoms with E-state index in [1.165, 1.54) is 0 Å². The van der Waals surface area contributed by atoms with E-state index in [0.29, 0.717) is 19.5 Å². The van der Waals surface area contributed by atoms with Crippen LogP contribution in [-0.4, -0.2) is 333 Å². The van der Waals surface area contributed by atoms with Crippen LogP contribution < -0.4 is 5.32 Å². The Hall–Kier alpha value is -6.18. The van der Waals surface area contributed by atoms with Gasteiger partial charge in [-0.3, -0.25) is 70.1 Å². The summed E-state index contributed by atoms with van der Waals surface area (Å²) in [5.41, 5.74) is 0. The van der Waals surface area contributed by atoms with Crippen LogP contribution in [0.3, 0.4) is 0 Å². The molecule has 17 N–H and O–H groups in total. The minimum atomic E-state index is -1.66. The van der Waals surface area contributed by atoms with Crippen LogP contribution in [0.15, 0.2) is 0 Å². The van der Waals surface area contributed by atoms with E-state index in [4.69, 9.17) is 111 Å². The van der Waals surface area contributed by atoms with Crippen LogP contribution in [0.25, 0.3) is 0 Å². The lowest BCUT2D eigenvalue weighted by atomic mass is 10.1. The van der Waals surface area contributed by atoms with Gasteiger partial charge >= 0.3 is 59.7 Å². The highest BCUT2D eigenvalue weighted by Gasteiger charge is 2.30. The summed E-state index contributed by atoms with van der Waals surface area (Å²) in [5.74, 6) is -13.9. The summed E-state index contributed by atoms with van der Waals surface area (Å²) in [4.78, 5) is 136. The van der Waals surface area contributed by atoms with Crippen molar-refractivity contribution in [2.24, 2.45) is 0 Å². The van der Waals surface area contributed by atoms with Crippen LogP contribution in [0.4, 0.5) is 0 Å². The highest BCUT2D eigenvalue weighted by atomic mass is 17.1. The number of nitrogens with one attached hydrogen (secondary N) is 1. The van der Waals surface area contributed by atoms with E-state index >= 15 is 0 Å². The van der Waals surface area contributed by atoms with E-state index in [9.17, 15) is 53.1 Å². The predicted molar refractivity (Wildman–Crippen MR) is 278 cm³/mol. The van der Waals surface area contributed by atoms with Gasteiger partial charge in [-0.25, -0.2) is 48.5 Å². The van der Waals surface area contributed by atoms with E-state index in [0.717, 1.165) is 4.90 Å². The third kappa shape index (κ3) is 50.8. The molecule has 42 heteroatoms. The molecule has 0 aliphatic heterocycles. The first-order valence-electron chi connectivity index (χ1n) is 26.0. The maximum atomic E-state index is 11.5. The van der Waals surface area contributed by atoms with Gasteiger partial charge in [0.05, 0.1) is 116 Å². The Labute approximate surface area is 499 Å². The quantitative estimate of drug-likeness (QED) is 0.0165. The molecule has 0 fully saturated rings. The Bertz CT molecular complexity index is 1880. The largest absolute Gasteiger partial charge is 0.481 e. The molecule has 0 saturated heterocycles. The number of carbonyl (C=O) groups is 10. The fourth-order valence-electron chi connectivity index (χ4n) is 6.59. The van der Waals surface area contributed by atoms with Gasteiger partial charge in [0, 0.05) is 65.1 Å². The minimum absolute atomic E-state index is 0.0335. The van der Waals surface area contributed by atoms with Crippen molar-refractivity contribution in [1.82, 2.24) is 15.1 Å². The third-order valence-corrected chi connectivity index (χ3v) is 10.9. The van der Waals surface area contributed by atoms with Crippen molar-refractivity contribution in [2.45, 2.75) is 100 Å². The normalized spacial score (nSPS) is 14.0. The Balaban J connectivity index is -0.00000125. The molecule has 0 aromatic rings. The average molecular weight is 1300 g/mol. The number of carboxylic acid groups (broad SMARTS) is 10. The zero-order valence-corrected chi connectivity index (χ0v) is 47.4. The Morgan fingerprint density at radius 2 is 0.568 bits per heavy atom. The van der Waals surface area contributed by atoms with Gasteiger partial charge in [-0.2, -0.15) is 0 Å². The van der Waals surface area contributed by atoms with E-state index in [-0.39, 0.29) is 125 Å². The molecule has 0 saturated carbocycles. The molecule has 0 radical (unpaired) electrons. The van der Waals surface area contributed by atoms with E-state index in [1.54, 1.807) is 4.90 Å². The minimum Gasteiger partial charge on any atom is -0.481 e. The Morgan fingerprint density at radius 1 is 0.307 bits per heavy atom. The van der Waals surface area contributed by atoms with Crippen LogP contribution in [0.1, 0.15) is 51.4 Å². The van der Waals surface area contributed by atoms with E-state index in [2.05, 4.69) is 34.6 Å². The van der Waals surface area contributed by atoms with Crippen molar-refractivity contribution in [2.75, 3.05) is 132 Å². The maximum absolute atomic E-state index is 11.5. The second-order valence-electron chi connectivity index (χ2n) is 17.5. The number of ether oxygens (including phenoxy) is 7. The molecule has 0 aliphatic carbocycles. The summed E-state index contributed by atoms with van der Waals surface area (Å²) < 4.78 is 36.4. The zero-order valence-electron chi connectivity index (χ0n) is 47.4. The number of aliphatic carboxylic acids is 10. The van der Waals surface area contributed by atoms with Gasteiger partial charge in [-0.05, 0) is 0 Å². The van der Waals surface area contributed by atoms with E-state index < -0.39 is 147 Å². The van der Waals surface area contributed by atoms with Gasteiger partial charge in [0.25, 0.3) is 0 Å². The van der Waals surface area contributed by atoms with Gasteiger partial charge in [0.15, 0.2) is 24.4 Å². The summed E-state index contributed by atoms with van der Waals surface area (Å²) in [6, 6.07) is -1.50. The van der Waals surface area contributed by atoms with Gasteiger partial charge in [-0.1, -0.05) is 0 Å². The molecule has 0 heterocycles. The summed E-state index contributed by atoms with van der Waals surface area (Å²) in [6.45, 7) is -0.609. The molecule has 0 aromatic heterocycles. The topological polar surface area (TPSA) is 633 Å². The van der Waals surface area contributed by atoms with Crippen LogP contribution >= 0.6 is 0 Å². The van der Waals surface area contributed by atoms with Crippen molar-refractivity contribution in [3.8, 4) is 0 Å². The van der Waals surface area contributed by atoms with Crippen molar-refractivity contribution in [3.63, 3.8) is 0 Å². The number of hydrogen-bond acceptors (Lipinski definition) is 32. The number of hydrogen-bond donors (Lipinski definition) is 17. The van der Waals surface area contributed by atoms with Crippen molar-refractivity contribution >= 4 is 59.7 Å². The molecule has 0 amide bonds. The lowest BCUT2D eigenvalue weighted by molar-refractivity contribution is -0.271. The molecule has 88 heavy (non-hydrogen) atoms. The Kier molecular flexibility index (Phi) is 54.8. The molecule has 0 aromatic carbocycles. The first-order valence-corrected chi connectivity index (χ1v) is 26.0. The fourth-order valence-corrected chi connectivity index (χ4v) is 6.59. The average Bonchev–Trinajstić information content (AvgIpc) is 3.65. The molecular formula is C46H81N3O39. The standard InChI is InChI=1S/C18H31NO15.C16H27NO14.C12H23NO10/c20-15(21)9-13(17(24)25)31-7-3-19(2-6-30-12(11-34-29)1-5-33-28)4-8-32-14(18(26)27)10-16(22)23;18-13(19)7-11(15(22)23)17(2-5-28-10(9-31-27)1-4-30-26)3-6-29-12(16(24)25)8-14(20)21;14-11(15)7-10(12(16)17)21-6-3-13-2-5-20-9(8-23-19)1-4-22-18/h12-14,28-29H,1-11H2,(H,20,21)(H,22,23)(H,24,25)(H,26,27);10-12,26-27H,1-9H2,(H,18,19)(H,20,21)(H,22,23)(H,24,25);9-10,13,18-19H,1-8H2,(H,14,15)(H,16,17). The smallest absolute Gasteiger partial charge is 0.333 e. The highest BCUT2D eigenvalue weighted by molar-refractivity contribution is 5.82.